The van der Waals surface area contributed by atoms with E-state index in [0.717, 1.165) is 0 Å². The summed E-state index contributed by atoms with van der Waals surface area (Å²) in [7, 11) is 0. The molecule has 0 atom stereocenters. The van der Waals surface area contributed by atoms with E-state index in [2.05, 4.69) is 0 Å². The molecule has 0 radical (unpaired) electrons. The van der Waals surface area contributed by atoms with E-state index in [1.54, 1.807) is 0 Å². The summed E-state index contributed by atoms with van der Waals surface area (Å²) < 4.78 is 0. The van der Waals surface area contributed by atoms with E-state index >= 15 is 0 Å². The summed E-state index contributed by atoms with van der Waals surface area (Å²) in [5, 5.41) is 216. The monoisotopic (exact) mass is 828 g/mol. The lowest BCUT2D eigenvalue weighted by molar-refractivity contribution is 0.0450. The predicted molar refractivity (Wildman–Crippen MR) is 182 cm³/mol. The van der Waals surface area contributed by atoms with Crippen molar-refractivity contribution >= 4 is 0 Å². The lowest BCUT2D eigenvalue weighted by Gasteiger charge is -1.96. The molecule has 0 amide bonds. The van der Waals surface area contributed by atoms with Gasteiger partial charge in [-0.05, 0) is 0 Å². The van der Waals surface area contributed by atoms with Crippen molar-refractivity contribution in [2.24, 2.45) is 0 Å². The number of aliphatic hydroxyl groups is 27. The third-order valence-electron chi connectivity index (χ3n) is 3.79. The van der Waals surface area contributed by atoms with Gasteiger partial charge >= 0.3 is 0 Å². The molecule has 0 heterocycles. The third kappa shape index (κ3) is 104. The molecule has 27 nitrogen and oxygen atoms in total. The Balaban J connectivity index is -0.0000000603. The molecule has 0 fully saturated rings. The average Bonchev–Trinajstić information content (AvgIpc) is 3.24. The first-order valence-electron chi connectivity index (χ1n) is 15.4. The lowest BCUT2D eigenvalue weighted by Crippen LogP contribution is -2.15. The van der Waals surface area contributed by atoms with Crippen LogP contribution in [0.15, 0.2) is 0 Å². The highest BCUT2D eigenvalue weighted by molar-refractivity contribution is 4.47. The standard InChI is InChI=1S/9C3H8O3/c9*4-1-3(6)2-5/h9*3-6H,1-2H2. The molecule has 54 heavy (non-hydrogen) atoms. The predicted octanol–water partition coefficient (Wildman–Crippen LogP) is -15.0. The maximum absolute atomic E-state index is 8.17. The van der Waals surface area contributed by atoms with Crippen molar-refractivity contribution < 1.29 is 138 Å². The SMILES string of the molecule is OCC(O)CO.OCC(O)CO.OCC(O)CO.OCC(O)CO.OCC(O)CO.OCC(O)CO.OCC(O)CO.OCC(O)CO.OCC(O)CO. The Morgan fingerprint density at radius 2 is 0.167 bits per heavy atom. The van der Waals surface area contributed by atoms with Crippen LogP contribution in [-0.4, -0.2) is 312 Å². The lowest BCUT2D eigenvalue weighted by atomic mass is 10.4. The van der Waals surface area contributed by atoms with E-state index < -0.39 is 54.9 Å². The van der Waals surface area contributed by atoms with Crippen LogP contribution in [0.25, 0.3) is 0 Å². The van der Waals surface area contributed by atoms with Crippen molar-refractivity contribution in [2.75, 3.05) is 119 Å². The van der Waals surface area contributed by atoms with E-state index in [4.69, 9.17) is 138 Å². The maximum atomic E-state index is 8.17. The molecule has 27 N–H and O–H groups in total. The number of hydrogen-bond acceptors (Lipinski definition) is 27. The summed E-state index contributed by atoms with van der Waals surface area (Å²) in [6, 6.07) is 0. The van der Waals surface area contributed by atoms with Crippen LogP contribution in [0.5, 0.6) is 0 Å². The molecule has 0 aliphatic carbocycles. The normalized spacial score (nSPS) is 10.0. The highest BCUT2D eigenvalue weighted by Gasteiger charge is 1.97. The van der Waals surface area contributed by atoms with Gasteiger partial charge < -0.3 is 138 Å². The Kier molecular flexibility index (Phi) is 95.6. The highest BCUT2D eigenvalue weighted by Crippen LogP contribution is 1.75. The number of aliphatic hydroxyl groups excluding tert-OH is 27. The quantitative estimate of drug-likeness (QED) is 0.0610. The molecule has 0 spiro atoms. The van der Waals surface area contributed by atoms with Crippen LogP contribution in [0, 0.1) is 0 Å². The fraction of sp³-hybridized carbons (Fsp3) is 1.00. The Morgan fingerprint density at radius 1 is 0.130 bits per heavy atom. The first kappa shape index (κ1) is 74.0. The van der Waals surface area contributed by atoms with Crippen LogP contribution in [0.2, 0.25) is 0 Å². The molecule has 0 aromatic heterocycles. The Hall–Kier alpha value is -1.08. The molecule has 0 rings (SSSR count). The summed E-state index contributed by atoms with van der Waals surface area (Å²) in [5.74, 6) is 0. The molecule has 27 heteroatoms. The molecule has 0 saturated carbocycles. The number of hydrogen-bond donors (Lipinski definition) is 27. The van der Waals surface area contributed by atoms with Gasteiger partial charge in [0.1, 0.15) is 54.9 Å². The van der Waals surface area contributed by atoms with Gasteiger partial charge in [-0.15, -0.1) is 0 Å². The van der Waals surface area contributed by atoms with Gasteiger partial charge in [-0.1, -0.05) is 0 Å². The van der Waals surface area contributed by atoms with Crippen molar-refractivity contribution in [3.8, 4) is 0 Å². The van der Waals surface area contributed by atoms with Gasteiger partial charge in [0, 0.05) is 0 Å². The summed E-state index contributed by atoms with van der Waals surface area (Å²) in [6.45, 7) is -6.56. The van der Waals surface area contributed by atoms with Crippen LogP contribution in [-0.2, 0) is 0 Å². The smallest absolute Gasteiger partial charge is 0.100 e. The Bertz CT molecular complexity index is 370. The first-order chi connectivity index (χ1) is 25.3. The molecule has 0 aliphatic rings. The van der Waals surface area contributed by atoms with Crippen molar-refractivity contribution in [1.82, 2.24) is 0 Å². The topological polar surface area (TPSA) is 546 Å². The Labute approximate surface area is 312 Å². The van der Waals surface area contributed by atoms with Crippen molar-refractivity contribution in [2.45, 2.75) is 54.9 Å². The van der Waals surface area contributed by atoms with Crippen LogP contribution >= 0.6 is 0 Å². The minimum Gasteiger partial charge on any atom is -0.394 e. The van der Waals surface area contributed by atoms with E-state index in [-0.39, 0.29) is 119 Å². The van der Waals surface area contributed by atoms with Gasteiger partial charge in [-0.3, -0.25) is 0 Å². The fourth-order valence-corrected chi connectivity index (χ4v) is 0.520. The van der Waals surface area contributed by atoms with Crippen LogP contribution in [0.4, 0.5) is 0 Å². The zero-order valence-electron chi connectivity index (χ0n) is 30.0. The molecule has 0 bridgehead atoms. The molecular formula is C27H72O27. The summed E-state index contributed by atoms with van der Waals surface area (Å²) in [5.41, 5.74) is 0. The highest BCUT2D eigenvalue weighted by atomic mass is 16.4. The molecule has 0 aliphatic heterocycles. The van der Waals surface area contributed by atoms with Gasteiger partial charge in [-0.25, -0.2) is 0 Å². The molecular weight excluding hydrogens is 756 g/mol. The second-order valence-corrected chi connectivity index (χ2v) is 9.17. The van der Waals surface area contributed by atoms with E-state index in [1.165, 1.54) is 0 Å². The third-order valence-corrected chi connectivity index (χ3v) is 3.79. The number of rotatable bonds is 18. The molecule has 0 unspecified atom stereocenters. The van der Waals surface area contributed by atoms with E-state index in [0.29, 0.717) is 0 Å². The Morgan fingerprint density at radius 3 is 0.167 bits per heavy atom. The first-order valence-corrected chi connectivity index (χ1v) is 15.4. The van der Waals surface area contributed by atoms with E-state index in [9.17, 15) is 0 Å². The molecule has 0 saturated heterocycles. The van der Waals surface area contributed by atoms with Gasteiger partial charge in [0.25, 0.3) is 0 Å². The minimum atomic E-state index is -0.954. The van der Waals surface area contributed by atoms with Crippen molar-refractivity contribution in [3.05, 3.63) is 0 Å². The van der Waals surface area contributed by atoms with Crippen LogP contribution in [0.3, 0.4) is 0 Å². The van der Waals surface area contributed by atoms with Crippen LogP contribution < -0.4 is 0 Å². The zero-order chi connectivity index (χ0) is 44.9. The largest absolute Gasteiger partial charge is 0.394 e. The van der Waals surface area contributed by atoms with Crippen LogP contribution in [0.1, 0.15) is 0 Å². The maximum Gasteiger partial charge on any atom is 0.100 e. The second-order valence-electron chi connectivity index (χ2n) is 9.17. The summed E-state index contributed by atoms with van der Waals surface area (Å²) >= 11 is 0. The molecule has 0 aromatic rings. The van der Waals surface area contributed by atoms with Gasteiger partial charge in [0.05, 0.1) is 119 Å². The average molecular weight is 829 g/mol. The minimum absolute atomic E-state index is 0.365. The van der Waals surface area contributed by atoms with Gasteiger partial charge in [0.15, 0.2) is 0 Å². The second kappa shape index (κ2) is 69.8. The van der Waals surface area contributed by atoms with Gasteiger partial charge in [-0.2, -0.15) is 0 Å². The zero-order valence-corrected chi connectivity index (χ0v) is 30.0. The van der Waals surface area contributed by atoms with E-state index in [1.807, 2.05) is 0 Å². The van der Waals surface area contributed by atoms with Gasteiger partial charge in [0.2, 0.25) is 0 Å². The molecule has 0 aromatic carbocycles. The summed E-state index contributed by atoms with van der Waals surface area (Å²) in [4.78, 5) is 0. The molecule has 342 valence electrons. The van der Waals surface area contributed by atoms with Crippen molar-refractivity contribution in [1.29, 1.82) is 0 Å². The van der Waals surface area contributed by atoms with Crippen molar-refractivity contribution in [3.63, 3.8) is 0 Å². The fourth-order valence-electron chi connectivity index (χ4n) is 0.520. The summed E-state index contributed by atoms with van der Waals surface area (Å²) in [6.07, 6.45) is -8.58.